The molecule has 0 aliphatic carbocycles. The number of nitrogens with zero attached hydrogens (tertiary/aromatic N) is 2. The molecule has 0 spiro atoms. The van der Waals surface area contributed by atoms with Gasteiger partial charge in [-0.15, -0.1) is 0 Å². The van der Waals surface area contributed by atoms with Crippen molar-refractivity contribution >= 4 is 15.2 Å². The fourth-order valence-electron chi connectivity index (χ4n) is 3.27. The third-order valence-electron chi connectivity index (χ3n) is 4.32. The molecule has 0 saturated heterocycles. The van der Waals surface area contributed by atoms with Crippen LogP contribution in [0.15, 0.2) is 34.5 Å². The van der Waals surface area contributed by atoms with Crippen LogP contribution in [-0.2, 0) is 33.6 Å². The van der Waals surface area contributed by atoms with Gasteiger partial charge in [-0.2, -0.15) is 10.2 Å². The predicted octanol–water partition coefficient (Wildman–Crippen LogP) is 5.78. The molecular formula is C18H29FN2O6P2. The average molecular weight is 450 g/mol. The summed E-state index contributed by atoms with van der Waals surface area (Å²) in [7, 11) is -8.16. The van der Waals surface area contributed by atoms with Crippen molar-refractivity contribution < 1.29 is 31.6 Å². The molecule has 0 bridgehead atoms. The minimum absolute atomic E-state index is 0.0297. The van der Waals surface area contributed by atoms with Crippen molar-refractivity contribution in [2.24, 2.45) is 10.2 Å². The van der Waals surface area contributed by atoms with Gasteiger partial charge in [0.25, 0.3) is 5.02 Å². The van der Waals surface area contributed by atoms with Crippen molar-refractivity contribution in [2.75, 3.05) is 26.4 Å². The lowest BCUT2D eigenvalue weighted by Crippen LogP contribution is -2.31. The fraction of sp³-hybridized carbons (Fsp3) is 0.667. The summed E-state index contributed by atoms with van der Waals surface area (Å²) >= 11 is 0. The van der Waals surface area contributed by atoms with E-state index in [1.54, 1.807) is 39.8 Å². The third kappa shape index (κ3) is 5.04. The van der Waals surface area contributed by atoms with Crippen LogP contribution >= 0.6 is 15.2 Å². The van der Waals surface area contributed by atoms with Gasteiger partial charge in [-0.3, -0.25) is 9.13 Å². The molecule has 0 aromatic heterocycles. The minimum atomic E-state index is -4.08. The average Bonchev–Trinajstić information content (AvgIpc) is 3.09. The Bertz CT molecular complexity index is 756. The van der Waals surface area contributed by atoms with Crippen LogP contribution in [0.3, 0.4) is 0 Å². The summed E-state index contributed by atoms with van der Waals surface area (Å²) in [6, 6.07) is 5.58. The lowest BCUT2D eigenvalue weighted by Gasteiger charge is -2.36. The van der Waals surface area contributed by atoms with E-state index in [-0.39, 0.29) is 38.7 Å². The molecule has 2 rings (SSSR count). The molecule has 11 heteroatoms. The Hall–Kier alpha value is -0.950. The van der Waals surface area contributed by atoms with Crippen molar-refractivity contribution in [3.05, 3.63) is 35.6 Å². The zero-order valence-electron chi connectivity index (χ0n) is 17.2. The SMILES string of the molecule is CCOP(=O)(OCC)C1(P(=O)(OCC)OCC)CC(Cc2cccc(F)c2)N=N1. The van der Waals surface area contributed by atoms with E-state index in [4.69, 9.17) is 18.1 Å². The number of benzene rings is 1. The number of halogens is 1. The van der Waals surface area contributed by atoms with Gasteiger partial charge in [0, 0.05) is 6.42 Å². The molecule has 1 aliphatic rings. The molecule has 1 heterocycles. The molecule has 0 amide bonds. The molecule has 1 aromatic carbocycles. The molecule has 29 heavy (non-hydrogen) atoms. The van der Waals surface area contributed by atoms with Gasteiger partial charge in [0.1, 0.15) is 5.82 Å². The summed E-state index contributed by atoms with van der Waals surface area (Å²) in [6.45, 7) is 6.85. The molecule has 1 unspecified atom stereocenters. The van der Waals surface area contributed by atoms with Crippen molar-refractivity contribution in [2.45, 2.75) is 51.6 Å². The maximum atomic E-state index is 13.8. The number of hydrogen-bond donors (Lipinski definition) is 0. The van der Waals surface area contributed by atoms with Gasteiger partial charge in [-0.25, -0.2) is 4.39 Å². The zero-order chi connectivity index (χ0) is 21.5. The highest BCUT2D eigenvalue weighted by Crippen LogP contribution is 2.81. The van der Waals surface area contributed by atoms with E-state index in [2.05, 4.69) is 10.2 Å². The zero-order valence-corrected chi connectivity index (χ0v) is 19.0. The standard InChI is InChI=1S/C18H29FN2O6P2/c1-5-24-28(22,25-6-2)18(29(23,26-7-3)27-8-4)14-17(20-21-18)13-15-10-9-11-16(19)12-15/h9-12,17H,5-8,13-14H2,1-4H3. The topological polar surface area (TPSA) is 95.8 Å². The summed E-state index contributed by atoms with van der Waals surface area (Å²) in [5.74, 6) is -0.368. The Morgan fingerprint density at radius 3 is 1.97 bits per heavy atom. The van der Waals surface area contributed by atoms with Crippen LogP contribution in [0.4, 0.5) is 4.39 Å². The van der Waals surface area contributed by atoms with Crippen LogP contribution in [0.25, 0.3) is 0 Å². The van der Waals surface area contributed by atoms with Gasteiger partial charge in [0.05, 0.1) is 32.5 Å². The molecule has 1 aromatic rings. The molecule has 0 fully saturated rings. The largest absolute Gasteiger partial charge is 0.372 e. The fourth-order valence-corrected chi connectivity index (χ4v) is 8.69. The maximum Gasteiger partial charge on any atom is 0.372 e. The van der Waals surface area contributed by atoms with E-state index >= 15 is 0 Å². The van der Waals surface area contributed by atoms with Gasteiger partial charge in [0.15, 0.2) is 0 Å². The minimum Gasteiger partial charge on any atom is -0.307 e. The molecule has 8 nitrogen and oxygen atoms in total. The summed E-state index contributed by atoms with van der Waals surface area (Å²) in [5.41, 5.74) is 0.690. The van der Waals surface area contributed by atoms with E-state index in [0.717, 1.165) is 0 Å². The Labute approximate surface area is 171 Å². The summed E-state index contributed by atoms with van der Waals surface area (Å²) in [5, 5.41) is 6.50. The Morgan fingerprint density at radius 1 is 1.00 bits per heavy atom. The molecule has 1 atom stereocenters. The molecule has 0 saturated carbocycles. The smallest absolute Gasteiger partial charge is 0.307 e. The number of azo groups is 1. The van der Waals surface area contributed by atoms with Crippen LogP contribution in [0.2, 0.25) is 0 Å². The monoisotopic (exact) mass is 450 g/mol. The molecule has 1 aliphatic heterocycles. The summed E-state index contributed by atoms with van der Waals surface area (Å²) in [4.78, 5) is 0. The van der Waals surface area contributed by atoms with Gasteiger partial charge >= 0.3 is 15.2 Å². The number of hydrogen-bond acceptors (Lipinski definition) is 8. The second-order valence-electron chi connectivity index (χ2n) is 6.35. The first-order valence-corrected chi connectivity index (χ1v) is 12.8. The Kier molecular flexibility index (Phi) is 8.71. The van der Waals surface area contributed by atoms with Crippen LogP contribution in [0.5, 0.6) is 0 Å². The first-order valence-electron chi connectivity index (χ1n) is 9.74. The predicted molar refractivity (Wildman–Crippen MR) is 108 cm³/mol. The van der Waals surface area contributed by atoms with E-state index in [0.29, 0.717) is 12.0 Å². The molecule has 0 N–H and O–H groups in total. The first-order chi connectivity index (χ1) is 13.8. The first kappa shape index (κ1) is 24.3. The van der Waals surface area contributed by atoms with Crippen molar-refractivity contribution in [1.82, 2.24) is 0 Å². The lowest BCUT2D eigenvalue weighted by molar-refractivity contribution is 0.177. The Balaban J connectivity index is 2.47. The van der Waals surface area contributed by atoms with Crippen molar-refractivity contribution in [3.8, 4) is 0 Å². The number of rotatable bonds is 12. The van der Waals surface area contributed by atoms with E-state index in [1.165, 1.54) is 12.1 Å². The molecular weight excluding hydrogens is 421 g/mol. The molecule has 0 radical (unpaired) electrons. The second kappa shape index (κ2) is 10.4. The quantitative estimate of drug-likeness (QED) is 0.375. The van der Waals surface area contributed by atoms with E-state index < -0.39 is 26.3 Å². The van der Waals surface area contributed by atoms with Gasteiger partial charge in [-0.1, -0.05) is 12.1 Å². The van der Waals surface area contributed by atoms with Crippen molar-refractivity contribution in [1.29, 1.82) is 0 Å². The van der Waals surface area contributed by atoms with E-state index in [9.17, 15) is 13.5 Å². The van der Waals surface area contributed by atoms with Gasteiger partial charge in [0.2, 0.25) is 0 Å². The van der Waals surface area contributed by atoms with Crippen LogP contribution in [-0.4, -0.2) is 37.5 Å². The van der Waals surface area contributed by atoms with Crippen LogP contribution in [0.1, 0.15) is 39.7 Å². The lowest BCUT2D eigenvalue weighted by atomic mass is 10.0. The van der Waals surface area contributed by atoms with E-state index in [1.807, 2.05) is 0 Å². The van der Waals surface area contributed by atoms with Crippen LogP contribution < -0.4 is 0 Å². The van der Waals surface area contributed by atoms with Gasteiger partial charge in [-0.05, 0) is 51.8 Å². The highest BCUT2D eigenvalue weighted by molar-refractivity contribution is 7.74. The highest BCUT2D eigenvalue weighted by atomic mass is 31.2. The van der Waals surface area contributed by atoms with Gasteiger partial charge < -0.3 is 18.1 Å². The molecule has 164 valence electrons. The van der Waals surface area contributed by atoms with Crippen LogP contribution in [0, 0.1) is 5.82 Å². The Morgan fingerprint density at radius 2 is 1.52 bits per heavy atom. The summed E-state index contributed by atoms with van der Waals surface area (Å²) in [6.07, 6.45) is 0.289. The second-order valence-corrected chi connectivity index (χ2v) is 11.2. The normalized spacial score (nSPS) is 19.0. The van der Waals surface area contributed by atoms with Crippen molar-refractivity contribution in [3.63, 3.8) is 0 Å². The summed E-state index contributed by atoms with van der Waals surface area (Å²) < 4.78 is 63.1. The third-order valence-corrected chi connectivity index (χ3v) is 10.5. The maximum absolute atomic E-state index is 13.8. The highest BCUT2D eigenvalue weighted by Gasteiger charge is 2.69.